The number of nitrogens with one attached hydrogen (secondary N) is 1. The molecule has 0 unspecified atom stereocenters. The number of carbonyl (C=O) groups excluding carboxylic acids is 1. The van der Waals surface area contributed by atoms with Crippen LogP contribution in [-0.4, -0.2) is 37.0 Å². The molecular formula is C21H23ClN2O2. The van der Waals surface area contributed by atoms with Crippen molar-refractivity contribution in [1.82, 2.24) is 4.90 Å². The highest BCUT2D eigenvalue weighted by Crippen LogP contribution is 2.35. The van der Waals surface area contributed by atoms with Gasteiger partial charge in [-0.05, 0) is 55.1 Å². The molecule has 0 aromatic heterocycles. The van der Waals surface area contributed by atoms with Crippen LogP contribution >= 0.6 is 11.6 Å². The van der Waals surface area contributed by atoms with E-state index < -0.39 is 0 Å². The van der Waals surface area contributed by atoms with Crippen molar-refractivity contribution in [2.24, 2.45) is 0 Å². The third-order valence-corrected chi connectivity index (χ3v) is 4.76. The monoisotopic (exact) mass is 370 g/mol. The predicted molar refractivity (Wildman–Crippen MR) is 108 cm³/mol. The van der Waals surface area contributed by atoms with Gasteiger partial charge in [0.15, 0.2) is 0 Å². The summed E-state index contributed by atoms with van der Waals surface area (Å²) in [6.07, 6.45) is 1.87. The second-order valence-electron chi connectivity index (χ2n) is 6.15. The van der Waals surface area contributed by atoms with Crippen LogP contribution in [0, 0.1) is 0 Å². The fourth-order valence-corrected chi connectivity index (χ4v) is 3.14. The van der Waals surface area contributed by atoms with Crippen LogP contribution in [-0.2, 0) is 4.79 Å². The van der Waals surface area contributed by atoms with Gasteiger partial charge in [-0.3, -0.25) is 4.79 Å². The standard InChI is InChI=1S/C21H23ClN2O2/c1-3-24(4-2)11-12-26-17-8-5-15(6-9-17)13-19-18-14-16(22)7-10-20(18)23-21(19)25/h5-10,13-14H,3-4,11-12H2,1-2H3,(H,23,25)/b19-13+. The van der Waals surface area contributed by atoms with Crippen LogP contribution < -0.4 is 10.1 Å². The Bertz CT molecular complexity index is 811. The van der Waals surface area contributed by atoms with E-state index in [0.717, 1.165) is 42.2 Å². The van der Waals surface area contributed by atoms with E-state index in [4.69, 9.17) is 16.3 Å². The molecule has 1 heterocycles. The second kappa shape index (κ2) is 8.39. The molecule has 1 aliphatic rings. The van der Waals surface area contributed by atoms with Crippen LogP contribution in [0.2, 0.25) is 5.02 Å². The molecule has 1 N–H and O–H groups in total. The highest BCUT2D eigenvalue weighted by atomic mass is 35.5. The van der Waals surface area contributed by atoms with Crippen molar-refractivity contribution in [2.75, 3.05) is 31.6 Å². The second-order valence-corrected chi connectivity index (χ2v) is 6.58. The van der Waals surface area contributed by atoms with Gasteiger partial charge in [-0.15, -0.1) is 0 Å². The van der Waals surface area contributed by atoms with Gasteiger partial charge in [0.2, 0.25) is 0 Å². The largest absolute Gasteiger partial charge is 0.492 e. The molecule has 2 aromatic rings. The number of hydrogen-bond donors (Lipinski definition) is 1. The van der Waals surface area contributed by atoms with Gasteiger partial charge in [0.1, 0.15) is 12.4 Å². The summed E-state index contributed by atoms with van der Waals surface area (Å²) in [5.74, 6) is 0.723. The third kappa shape index (κ3) is 4.26. The van der Waals surface area contributed by atoms with E-state index in [1.807, 2.05) is 42.5 Å². The molecule has 0 fully saturated rings. The zero-order chi connectivity index (χ0) is 18.5. The van der Waals surface area contributed by atoms with E-state index >= 15 is 0 Å². The van der Waals surface area contributed by atoms with Gasteiger partial charge in [-0.2, -0.15) is 0 Å². The summed E-state index contributed by atoms with van der Waals surface area (Å²) in [5.41, 5.74) is 3.20. The van der Waals surface area contributed by atoms with Crippen LogP contribution in [0.15, 0.2) is 42.5 Å². The topological polar surface area (TPSA) is 41.6 Å². The predicted octanol–water partition coefficient (Wildman–Crippen LogP) is 4.55. The zero-order valence-corrected chi connectivity index (χ0v) is 15.8. The summed E-state index contributed by atoms with van der Waals surface area (Å²) in [5, 5.41) is 3.47. The van der Waals surface area contributed by atoms with Gasteiger partial charge >= 0.3 is 0 Å². The zero-order valence-electron chi connectivity index (χ0n) is 15.1. The Morgan fingerprint density at radius 1 is 1.12 bits per heavy atom. The number of halogens is 1. The Labute approximate surface area is 159 Å². The van der Waals surface area contributed by atoms with E-state index in [2.05, 4.69) is 24.1 Å². The fourth-order valence-electron chi connectivity index (χ4n) is 2.96. The van der Waals surface area contributed by atoms with Gasteiger partial charge in [0.05, 0.1) is 0 Å². The van der Waals surface area contributed by atoms with Crippen molar-refractivity contribution >= 4 is 34.8 Å². The Kier molecular flexibility index (Phi) is 5.96. The summed E-state index contributed by atoms with van der Waals surface area (Å²) in [6.45, 7) is 7.93. The SMILES string of the molecule is CCN(CC)CCOc1ccc(/C=C2/C(=O)Nc3ccc(Cl)cc32)cc1. The Hall–Kier alpha value is -2.30. The average molecular weight is 371 g/mol. The molecule has 136 valence electrons. The van der Waals surface area contributed by atoms with Crippen molar-refractivity contribution in [3.63, 3.8) is 0 Å². The lowest BCUT2D eigenvalue weighted by Gasteiger charge is -2.18. The molecule has 0 bridgehead atoms. The average Bonchev–Trinajstić information content (AvgIpc) is 2.95. The Morgan fingerprint density at radius 2 is 1.85 bits per heavy atom. The first kappa shape index (κ1) is 18.5. The maximum Gasteiger partial charge on any atom is 0.256 e. The normalized spacial score (nSPS) is 14.6. The van der Waals surface area contributed by atoms with Crippen LogP contribution in [0.4, 0.5) is 5.69 Å². The summed E-state index contributed by atoms with van der Waals surface area (Å²) < 4.78 is 5.80. The molecule has 2 aromatic carbocycles. The number of fused-ring (bicyclic) bond motifs is 1. The molecule has 0 aliphatic carbocycles. The van der Waals surface area contributed by atoms with Gasteiger partial charge in [0, 0.05) is 28.4 Å². The van der Waals surface area contributed by atoms with E-state index in [-0.39, 0.29) is 5.91 Å². The molecule has 0 saturated carbocycles. The molecule has 26 heavy (non-hydrogen) atoms. The minimum atomic E-state index is -0.109. The summed E-state index contributed by atoms with van der Waals surface area (Å²) >= 11 is 6.07. The van der Waals surface area contributed by atoms with Crippen LogP contribution in [0.25, 0.3) is 11.6 Å². The van der Waals surface area contributed by atoms with Crippen LogP contribution in [0.3, 0.4) is 0 Å². The number of nitrogens with zero attached hydrogens (tertiary/aromatic N) is 1. The van der Waals surface area contributed by atoms with Gasteiger partial charge in [0.25, 0.3) is 5.91 Å². The third-order valence-electron chi connectivity index (χ3n) is 4.53. The molecule has 3 rings (SSSR count). The quantitative estimate of drug-likeness (QED) is 0.727. The Balaban J connectivity index is 1.69. The highest BCUT2D eigenvalue weighted by Gasteiger charge is 2.24. The molecule has 0 spiro atoms. The Morgan fingerprint density at radius 3 is 2.54 bits per heavy atom. The first-order valence-corrected chi connectivity index (χ1v) is 9.26. The van der Waals surface area contributed by atoms with E-state index in [0.29, 0.717) is 17.2 Å². The lowest BCUT2D eigenvalue weighted by atomic mass is 10.0. The van der Waals surface area contributed by atoms with Crippen LogP contribution in [0.1, 0.15) is 25.0 Å². The molecule has 0 atom stereocenters. The van der Waals surface area contributed by atoms with E-state index in [9.17, 15) is 4.79 Å². The van der Waals surface area contributed by atoms with Crippen molar-refractivity contribution in [3.8, 4) is 5.75 Å². The van der Waals surface area contributed by atoms with Crippen LogP contribution in [0.5, 0.6) is 5.75 Å². The lowest BCUT2D eigenvalue weighted by molar-refractivity contribution is -0.110. The molecular weight excluding hydrogens is 348 g/mol. The molecule has 0 saturated heterocycles. The maximum atomic E-state index is 12.2. The summed E-state index contributed by atoms with van der Waals surface area (Å²) in [6, 6.07) is 13.2. The van der Waals surface area contributed by atoms with Gasteiger partial charge in [-0.1, -0.05) is 37.6 Å². The minimum absolute atomic E-state index is 0.109. The van der Waals surface area contributed by atoms with Crippen molar-refractivity contribution in [2.45, 2.75) is 13.8 Å². The van der Waals surface area contributed by atoms with Crippen molar-refractivity contribution in [1.29, 1.82) is 0 Å². The van der Waals surface area contributed by atoms with Gasteiger partial charge in [-0.25, -0.2) is 0 Å². The lowest BCUT2D eigenvalue weighted by Crippen LogP contribution is -2.27. The number of likely N-dealkylation sites (N-methyl/N-ethyl adjacent to an activating group) is 1. The van der Waals surface area contributed by atoms with E-state index in [1.54, 1.807) is 6.07 Å². The number of rotatable bonds is 7. The summed E-state index contributed by atoms with van der Waals surface area (Å²) in [4.78, 5) is 14.5. The molecule has 1 amide bonds. The molecule has 5 heteroatoms. The molecule has 1 aliphatic heterocycles. The summed E-state index contributed by atoms with van der Waals surface area (Å²) in [7, 11) is 0. The number of anilines is 1. The fraction of sp³-hybridized carbons (Fsp3) is 0.286. The van der Waals surface area contributed by atoms with Crippen molar-refractivity contribution < 1.29 is 9.53 Å². The van der Waals surface area contributed by atoms with E-state index in [1.165, 1.54) is 0 Å². The van der Waals surface area contributed by atoms with Gasteiger partial charge < -0.3 is 15.0 Å². The smallest absolute Gasteiger partial charge is 0.256 e. The molecule has 4 nitrogen and oxygen atoms in total. The number of carbonyl (C=O) groups is 1. The maximum absolute atomic E-state index is 12.2. The first-order chi connectivity index (χ1) is 12.6. The number of ether oxygens (including phenoxy) is 1. The minimum Gasteiger partial charge on any atom is -0.492 e. The molecule has 0 radical (unpaired) electrons. The highest BCUT2D eigenvalue weighted by molar-refractivity contribution is 6.36. The number of benzene rings is 2. The van der Waals surface area contributed by atoms with Crippen molar-refractivity contribution in [3.05, 3.63) is 58.6 Å². The number of hydrogen-bond acceptors (Lipinski definition) is 3. The first-order valence-electron chi connectivity index (χ1n) is 8.89. The number of amides is 1.